The molecule has 39 heavy (non-hydrogen) atoms. The van der Waals surface area contributed by atoms with Gasteiger partial charge in [0.25, 0.3) is 0 Å². The number of aromatic nitrogens is 2. The molecule has 3 aliphatic heterocycles. The zero-order chi connectivity index (χ0) is 26.9. The predicted molar refractivity (Wildman–Crippen MR) is 155 cm³/mol. The molecule has 0 spiro atoms. The van der Waals surface area contributed by atoms with Crippen LogP contribution in [0.4, 0.5) is 11.5 Å². The van der Waals surface area contributed by atoms with Gasteiger partial charge in [0.1, 0.15) is 12.4 Å². The van der Waals surface area contributed by atoms with E-state index in [1.807, 2.05) is 4.90 Å². The van der Waals surface area contributed by atoms with Gasteiger partial charge in [-0.15, -0.1) is 0 Å². The molecule has 6 rings (SSSR count). The minimum atomic E-state index is 0.00114. The van der Waals surface area contributed by atoms with Crippen molar-refractivity contribution in [1.82, 2.24) is 19.8 Å². The molecule has 2 aromatic rings. The Bertz CT molecular complexity index is 1220. The molecule has 0 saturated carbocycles. The number of ether oxygens (including phenoxy) is 1. The lowest BCUT2D eigenvalue weighted by atomic mass is 9.88. The second-order valence-corrected chi connectivity index (χ2v) is 11.7. The standard InChI is InChI=1S/C31H42N6O2/c1-4-29(38)36-18-17-35(20-22(36)2)30-26-14-13-24(37-16-7-10-23-9-5-6-12-28(23)37)19-27(26)32-31(33-30)39-21-25-11-8-15-34(25)3/h4-6,9,12,22,24-25H,1,7-8,10-11,13-21H2,2-3H3/t22-,24?,25-/m0/s1. The van der Waals surface area contributed by atoms with Crippen molar-refractivity contribution < 1.29 is 9.53 Å². The van der Waals surface area contributed by atoms with Crippen molar-refractivity contribution in [2.24, 2.45) is 0 Å². The van der Waals surface area contributed by atoms with Gasteiger partial charge in [-0.05, 0) is 76.7 Å². The SMILES string of the molecule is C=CC(=O)N1CCN(c2nc(OC[C@@H]3CCCN3C)nc3c2CCC(N2CCCc4ccccc42)C3)C[C@@H]1C. The van der Waals surface area contributed by atoms with Crippen LogP contribution in [0.1, 0.15) is 49.4 Å². The number of anilines is 2. The van der Waals surface area contributed by atoms with E-state index in [4.69, 9.17) is 14.7 Å². The number of amides is 1. The molecule has 208 valence electrons. The molecule has 8 heteroatoms. The summed E-state index contributed by atoms with van der Waals surface area (Å²) in [4.78, 5) is 31.7. The average Bonchev–Trinajstić information content (AvgIpc) is 3.38. The van der Waals surface area contributed by atoms with E-state index in [1.54, 1.807) is 0 Å². The fourth-order valence-electron chi connectivity index (χ4n) is 7.05. The summed E-state index contributed by atoms with van der Waals surface area (Å²) in [5.41, 5.74) is 5.25. The number of rotatable bonds is 6. The van der Waals surface area contributed by atoms with Crippen LogP contribution in [0.3, 0.4) is 0 Å². The molecule has 1 amide bonds. The summed E-state index contributed by atoms with van der Waals surface area (Å²) in [7, 11) is 2.17. The van der Waals surface area contributed by atoms with Crippen molar-refractivity contribution in [3.05, 3.63) is 53.7 Å². The van der Waals surface area contributed by atoms with E-state index in [1.165, 1.54) is 35.7 Å². The smallest absolute Gasteiger partial charge is 0.318 e. The zero-order valence-electron chi connectivity index (χ0n) is 23.5. The van der Waals surface area contributed by atoms with E-state index in [-0.39, 0.29) is 11.9 Å². The van der Waals surface area contributed by atoms with Gasteiger partial charge in [0, 0.05) is 62.0 Å². The quantitative estimate of drug-likeness (QED) is 0.530. The second-order valence-electron chi connectivity index (χ2n) is 11.7. The summed E-state index contributed by atoms with van der Waals surface area (Å²) >= 11 is 0. The number of likely N-dealkylation sites (tertiary alicyclic amines) is 1. The maximum absolute atomic E-state index is 12.4. The number of benzene rings is 1. The minimum absolute atomic E-state index is 0.00114. The number of para-hydroxylation sites is 1. The summed E-state index contributed by atoms with van der Waals surface area (Å²) in [5, 5.41) is 0. The highest BCUT2D eigenvalue weighted by atomic mass is 16.5. The molecule has 0 N–H and O–H groups in total. The van der Waals surface area contributed by atoms with Crippen LogP contribution in [0.15, 0.2) is 36.9 Å². The fourth-order valence-corrected chi connectivity index (χ4v) is 7.05. The van der Waals surface area contributed by atoms with Gasteiger partial charge in [0.15, 0.2) is 0 Å². The maximum Gasteiger partial charge on any atom is 0.318 e. The van der Waals surface area contributed by atoms with Crippen LogP contribution in [0.2, 0.25) is 0 Å². The Kier molecular flexibility index (Phi) is 7.47. The average molecular weight is 531 g/mol. The molecular weight excluding hydrogens is 488 g/mol. The van der Waals surface area contributed by atoms with Crippen molar-refractivity contribution in [3.8, 4) is 6.01 Å². The number of hydrogen-bond acceptors (Lipinski definition) is 7. The van der Waals surface area contributed by atoms with Gasteiger partial charge in [-0.2, -0.15) is 9.97 Å². The molecule has 0 radical (unpaired) electrons. The Morgan fingerprint density at radius 1 is 1.10 bits per heavy atom. The Balaban J connectivity index is 1.28. The Morgan fingerprint density at radius 2 is 1.97 bits per heavy atom. The first-order valence-corrected chi connectivity index (χ1v) is 14.8. The Labute approximate surface area is 232 Å². The van der Waals surface area contributed by atoms with Crippen molar-refractivity contribution in [2.45, 2.75) is 70.0 Å². The molecule has 1 unspecified atom stereocenters. The summed E-state index contributed by atoms with van der Waals surface area (Å²) in [6.07, 6.45) is 9.10. The lowest BCUT2D eigenvalue weighted by molar-refractivity contribution is -0.128. The molecule has 2 fully saturated rings. The predicted octanol–water partition coefficient (Wildman–Crippen LogP) is 3.48. The van der Waals surface area contributed by atoms with Crippen molar-refractivity contribution in [3.63, 3.8) is 0 Å². The summed E-state index contributed by atoms with van der Waals surface area (Å²) in [5.74, 6) is 1.01. The van der Waals surface area contributed by atoms with E-state index in [0.29, 0.717) is 31.2 Å². The summed E-state index contributed by atoms with van der Waals surface area (Å²) in [6, 6.07) is 10.3. The van der Waals surface area contributed by atoms with Crippen LogP contribution in [0, 0.1) is 0 Å². The molecule has 8 nitrogen and oxygen atoms in total. The Hall–Kier alpha value is -3.13. The van der Waals surface area contributed by atoms with Crippen LogP contribution >= 0.6 is 0 Å². The van der Waals surface area contributed by atoms with Gasteiger partial charge >= 0.3 is 6.01 Å². The highest BCUT2D eigenvalue weighted by Gasteiger charge is 2.34. The number of carbonyl (C=O) groups excluding carboxylic acids is 1. The van der Waals surface area contributed by atoms with E-state index >= 15 is 0 Å². The van der Waals surface area contributed by atoms with Gasteiger partial charge in [-0.25, -0.2) is 0 Å². The van der Waals surface area contributed by atoms with Crippen LogP contribution in [0.5, 0.6) is 6.01 Å². The lowest BCUT2D eigenvalue weighted by Gasteiger charge is -2.42. The summed E-state index contributed by atoms with van der Waals surface area (Å²) in [6.45, 7) is 10.8. The molecule has 4 aliphatic rings. The van der Waals surface area contributed by atoms with Crippen LogP contribution in [-0.2, 0) is 24.1 Å². The number of likely N-dealkylation sites (N-methyl/N-ethyl adjacent to an activating group) is 1. The van der Waals surface area contributed by atoms with Crippen molar-refractivity contribution in [1.29, 1.82) is 0 Å². The molecule has 2 saturated heterocycles. The van der Waals surface area contributed by atoms with Gasteiger partial charge < -0.3 is 24.3 Å². The normalized spacial score (nSPS) is 25.3. The number of carbonyl (C=O) groups is 1. The number of aryl methyl sites for hydroxylation is 1. The number of fused-ring (bicyclic) bond motifs is 2. The topological polar surface area (TPSA) is 65.0 Å². The largest absolute Gasteiger partial charge is 0.462 e. The molecule has 0 bridgehead atoms. The highest BCUT2D eigenvalue weighted by molar-refractivity contribution is 5.87. The Morgan fingerprint density at radius 3 is 2.77 bits per heavy atom. The van der Waals surface area contributed by atoms with Crippen molar-refractivity contribution in [2.75, 3.05) is 56.2 Å². The molecule has 3 atom stereocenters. The number of piperazine rings is 1. The monoisotopic (exact) mass is 530 g/mol. The lowest BCUT2D eigenvalue weighted by Crippen LogP contribution is -2.54. The van der Waals surface area contributed by atoms with E-state index in [9.17, 15) is 4.79 Å². The van der Waals surface area contributed by atoms with Crippen LogP contribution < -0.4 is 14.5 Å². The summed E-state index contributed by atoms with van der Waals surface area (Å²) < 4.78 is 6.32. The number of hydrogen-bond donors (Lipinski definition) is 0. The molecule has 1 aromatic heterocycles. The molecule has 4 heterocycles. The van der Waals surface area contributed by atoms with Gasteiger partial charge in [-0.3, -0.25) is 4.79 Å². The minimum Gasteiger partial charge on any atom is -0.462 e. The first-order valence-electron chi connectivity index (χ1n) is 14.8. The second kappa shape index (κ2) is 11.2. The third-order valence-corrected chi connectivity index (χ3v) is 9.25. The van der Waals surface area contributed by atoms with Crippen LogP contribution in [0.25, 0.3) is 0 Å². The molecule has 1 aromatic carbocycles. The van der Waals surface area contributed by atoms with E-state index in [2.05, 4.69) is 59.5 Å². The molecular formula is C31H42N6O2. The van der Waals surface area contributed by atoms with Crippen molar-refractivity contribution >= 4 is 17.4 Å². The third-order valence-electron chi connectivity index (χ3n) is 9.25. The first kappa shape index (κ1) is 26.1. The van der Waals surface area contributed by atoms with E-state index in [0.717, 1.165) is 69.8 Å². The molecule has 1 aliphatic carbocycles. The van der Waals surface area contributed by atoms with E-state index < -0.39 is 0 Å². The third kappa shape index (κ3) is 5.23. The zero-order valence-corrected chi connectivity index (χ0v) is 23.5. The highest BCUT2D eigenvalue weighted by Crippen LogP contribution is 2.36. The van der Waals surface area contributed by atoms with Gasteiger partial charge in [0.2, 0.25) is 5.91 Å². The van der Waals surface area contributed by atoms with Crippen LogP contribution in [-0.4, -0.2) is 90.2 Å². The van der Waals surface area contributed by atoms with Gasteiger partial charge in [0.05, 0.1) is 5.69 Å². The van der Waals surface area contributed by atoms with Gasteiger partial charge in [-0.1, -0.05) is 24.8 Å². The fraction of sp³-hybridized carbons (Fsp3) is 0.581. The first-order chi connectivity index (χ1) is 19.0. The number of nitrogens with zero attached hydrogens (tertiary/aromatic N) is 6. The maximum atomic E-state index is 12.4.